The Hall–Kier alpha value is -2.63. The van der Waals surface area contributed by atoms with Gasteiger partial charge < -0.3 is 9.72 Å². The minimum atomic E-state index is -0.538. The topological polar surface area (TPSA) is 84.1 Å². The van der Waals surface area contributed by atoms with Crippen LogP contribution in [0.2, 0.25) is 0 Å². The number of benzene rings is 1. The number of carbonyl (C=O) groups is 1. The van der Waals surface area contributed by atoms with E-state index in [4.69, 9.17) is 4.74 Å². The molecule has 2 rings (SSSR count). The Bertz CT molecular complexity index is 664. The van der Waals surface area contributed by atoms with Crippen molar-refractivity contribution < 1.29 is 9.53 Å². The SMILES string of the molecule is CC(C)(C)OC(=O)Nc1ccc(-c2c[nH]c(=O)cn2)cc1. The number of nitrogens with zero attached hydrogens (tertiary/aromatic N) is 1. The molecule has 1 amide bonds. The van der Waals surface area contributed by atoms with E-state index in [0.717, 1.165) is 5.56 Å². The average molecular weight is 287 g/mol. The predicted molar refractivity (Wildman–Crippen MR) is 80.2 cm³/mol. The molecule has 1 aromatic carbocycles. The van der Waals surface area contributed by atoms with Gasteiger partial charge in [0.25, 0.3) is 5.56 Å². The van der Waals surface area contributed by atoms with Gasteiger partial charge in [0.05, 0.1) is 11.9 Å². The van der Waals surface area contributed by atoms with Gasteiger partial charge in [0.1, 0.15) is 5.60 Å². The Balaban J connectivity index is 2.07. The molecule has 0 aliphatic rings. The summed E-state index contributed by atoms with van der Waals surface area (Å²) in [6, 6.07) is 7.08. The number of nitrogens with one attached hydrogen (secondary N) is 2. The Morgan fingerprint density at radius 1 is 1.24 bits per heavy atom. The summed E-state index contributed by atoms with van der Waals surface area (Å²) in [6.45, 7) is 5.41. The van der Waals surface area contributed by atoms with E-state index in [9.17, 15) is 9.59 Å². The summed E-state index contributed by atoms with van der Waals surface area (Å²) in [6.07, 6.45) is 2.26. The molecule has 0 bridgehead atoms. The summed E-state index contributed by atoms with van der Waals surface area (Å²) in [5.41, 5.74) is 1.32. The zero-order chi connectivity index (χ0) is 15.5. The van der Waals surface area contributed by atoms with Crippen LogP contribution in [0.1, 0.15) is 20.8 Å². The number of aromatic amines is 1. The third-order valence-corrected chi connectivity index (χ3v) is 2.50. The smallest absolute Gasteiger partial charge is 0.412 e. The van der Waals surface area contributed by atoms with Gasteiger partial charge in [-0.2, -0.15) is 0 Å². The van der Waals surface area contributed by atoms with Gasteiger partial charge in [-0.15, -0.1) is 0 Å². The molecular formula is C15H17N3O3. The Labute approximate surface area is 122 Å². The highest BCUT2D eigenvalue weighted by Gasteiger charge is 2.16. The van der Waals surface area contributed by atoms with E-state index < -0.39 is 11.7 Å². The van der Waals surface area contributed by atoms with Gasteiger partial charge in [0.2, 0.25) is 0 Å². The van der Waals surface area contributed by atoms with Crippen LogP contribution >= 0.6 is 0 Å². The normalized spacial score (nSPS) is 11.0. The fourth-order valence-corrected chi connectivity index (χ4v) is 1.65. The second-order valence-electron chi connectivity index (χ2n) is 5.50. The van der Waals surface area contributed by atoms with Crippen LogP contribution in [0.15, 0.2) is 41.5 Å². The number of amides is 1. The van der Waals surface area contributed by atoms with Crippen molar-refractivity contribution in [3.63, 3.8) is 0 Å². The lowest BCUT2D eigenvalue weighted by Gasteiger charge is -2.19. The first kappa shape index (κ1) is 14.8. The van der Waals surface area contributed by atoms with Crippen molar-refractivity contribution in [2.75, 3.05) is 5.32 Å². The van der Waals surface area contributed by atoms with Crippen LogP contribution in [-0.4, -0.2) is 21.7 Å². The van der Waals surface area contributed by atoms with Crippen molar-refractivity contribution >= 4 is 11.8 Å². The number of rotatable bonds is 2. The van der Waals surface area contributed by atoms with E-state index in [0.29, 0.717) is 11.4 Å². The van der Waals surface area contributed by atoms with Crippen molar-refractivity contribution in [2.45, 2.75) is 26.4 Å². The van der Waals surface area contributed by atoms with Gasteiger partial charge >= 0.3 is 6.09 Å². The molecular weight excluding hydrogens is 270 g/mol. The molecule has 110 valence electrons. The molecule has 0 aliphatic heterocycles. The minimum absolute atomic E-state index is 0.248. The molecule has 0 fully saturated rings. The maximum absolute atomic E-state index is 11.6. The summed E-state index contributed by atoms with van der Waals surface area (Å²) in [4.78, 5) is 29.2. The molecule has 21 heavy (non-hydrogen) atoms. The Morgan fingerprint density at radius 3 is 2.43 bits per heavy atom. The van der Waals surface area contributed by atoms with Crippen LogP contribution in [0, 0.1) is 0 Å². The first-order valence-corrected chi connectivity index (χ1v) is 6.49. The number of carbonyl (C=O) groups excluding carboxylic acids is 1. The lowest BCUT2D eigenvalue weighted by molar-refractivity contribution is 0.0636. The molecule has 0 spiro atoms. The molecule has 0 saturated carbocycles. The monoisotopic (exact) mass is 287 g/mol. The summed E-state index contributed by atoms with van der Waals surface area (Å²) in [5, 5.41) is 2.65. The fourth-order valence-electron chi connectivity index (χ4n) is 1.65. The van der Waals surface area contributed by atoms with Gasteiger partial charge in [0.15, 0.2) is 0 Å². The molecule has 2 aromatic rings. The highest BCUT2D eigenvalue weighted by molar-refractivity contribution is 5.85. The number of H-pyrrole nitrogens is 1. The molecule has 1 heterocycles. The third-order valence-electron chi connectivity index (χ3n) is 2.50. The van der Waals surface area contributed by atoms with Gasteiger partial charge in [-0.25, -0.2) is 9.78 Å². The van der Waals surface area contributed by atoms with Crippen LogP contribution in [-0.2, 0) is 4.74 Å². The molecule has 0 radical (unpaired) electrons. The number of aromatic nitrogens is 2. The van der Waals surface area contributed by atoms with Crippen LogP contribution < -0.4 is 10.9 Å². The van der Waals surface area contributed by atoms with Gasteiger partial charge in [0, 0.05) is 17.4 Å². The Morgan fingerprint density at radius 2 is 1.90 bits per heavy atom. The fraction of sp³-hybridized carbons (Fsp3) is 0.267. The lowest BCUT2D eigenvalue weighted by Crippen LogP contribution is -2.27. The molecule has 0 aliphatic carbocycles. The molecule has 0 unspecified atom stereocenters. The number of hydrogen-bond donors (Lipinski definition) is 2. The largest absolute Gasteiger partial charge is 0.444 e. The maximum atomic E-state index is 11.6. The van der Waals surface area contributed by atoms with Crippen molar-refractivity contribution in [2.24, 2.45) is 0 Å². The first-order chi connectivity index (χ1) is 9.83. The second-order valence-corrected chi connectivity index (χ2v) is 5.50. The van der Waals surface area contributed by atoms with E-state index in [1.807, 2.05) is 0 Å². The molecule has 2 N–H and O–H groups in total. The van der Waals surface area contributed by atoms with E-state index >= 15 is 0 Å². The first-order valence-electron chi connectivity index (χ1n) is 6.49. The summed E-state index contributed by atoms with van der Waals surface area (Å²) in [7, 11) is 0. The second kappa shape index (κ2) is 5.78. The third kappa shape index (κ3) is 4.45. The molecule has 6 heteroatoms. The van der Waals surface area contributed by atoms with Crippen LogP contribution in [0.25, 0.3) is 11.3 Å². The summed E-state index contributed by atoms with van der Waals surface area (Å²) >= 11 is 0. The minimum Gasteiger partial charge on any atom is -0.444 e. The van der Waals surface area contributed by atoms with Crippen LogP contribution in [0.4, 0.5) is 10.5 Å². The van der Waals surface area contributed by atoms with Gasteiger partial charge in [-0.1, -0.05) is 12.1 Å². The maximum Gasteiger partial charge on any atom is 0.412 e. The van der Waals surface area contributed by atoms with Crippen molar-refractivity contribution in [1.29, 1.82) is 0 Å². The standard InChI is InChI=1S/C15H17N3O3/c1-15(2,3)21-14(20)18-11-6-4-10(5-7-11)12-8-17-13(19)9-16-12/h4-9H,1-3H3,(H,17,19)(H,18,20). The van der Waals surface area contributed by atoms with E-state index in [2.05, 4.69) is 15.3 Å². The molecule has 0 saturated heterocycles. The van der Waals surface area contributed by atoms with E-state index in [1.165, 1.54) is 6.20 Å². The lowest BCUT2D eigenvalue weighted by atomic mass is 10.1. The molecule has 1 aromatic heterocycles. The van der Waals surface area contributed by atoms with Crippen molar-refractivity contribution in [3.8, 4) is 11.3 Å². The summed E-state index contributed by atoms with van der Waals surface area (Å²) < 4.78 is 5.17. The highest BCUT2D eigenvalue weighted by atomic mass is 16.6. The van der Waals surface area contributed by atoms with Crippen LogP contribution in [0.3, 0.4) is 0 Å². The Kier molecular flexibility index (Phi) is 4.07. The highest BCUT2D eigenvalue weighted by Crippen LogP contribution is 2.18. The van der Waals surface area contributed by atoms with Gasteiger partial charge in [-0.05, 0) is 32.9 Å². The summed E-state index contributed by atoms with van der Waals surface area (Å²) in [5.74, 6) is 0. The quantitative estimate of drug-likeness (QED) is 0.889. The van der Waals surface area contributed by atoms with E-state index in [1.54, 1.807) is 51.2 Å². The van der Waals surface area contributed by atoms with Crippen LogP contribution in [0.5, 0.6) is 0 Å². The molecule has 0 atom stereocenters. The van der Waals surface area contributed by atoms with Crippen molar-refractivity contribution in [3.05, 3.63) is 47.0 Å². The zero-order valence-electron chi connectivity index (χ0n) is 12.1. The van der Waals surface area contributed by atoms with Gasteiger partial charge in [-0.3, -0.25) is 10.1 Å². The van der Waals surface area contributed by atoms with Crippen molar-refractivity contribution in [1.82, 2.24) is 9.97 Å². The predicted octanol–water partition coefficient (Wildman–Crippen LogP) is 2.78. The number of hydrogen-bond acceptors (Lipinski definition) is 4. The molecule has 6 nitrogen and oxygen atoms in total. The number of anilines is 1. The average Bonchev–Trinajstić information content (AvgIpc) is 2.38. The zero-order valence-corrected chi connectivity index (χ0v) is 12.1. The number of ether oxygens (including phenoxy) is 1. The van der Waals surface area contributed by atoms with E-state index in [-0.39, 0.29) is 5.56 Å².